The highest BCUT2D eigenvalue weighted by atomic mass is 32.1. The van der Waals surface area contributed by atoms with Crippen LogP contribution in [0.4, 0.5) is 0 Å². The summed E-state index contributed by atoms with van der Waals surface area (Å²) >= 11 is 1.98. The van der Waals surface area contributed by atoms with Crippen molar-refractivity contribution in [2.24, 2.45) is 23.7 Å². The van der Waals surface area contributed by atoms with Gasteiger partial charge in [-0.25, -0.2) is 0 Å². The van der Waals surface area contributed by atoms with E-state index in [0.717, 1.165) is 29.7 Å². The van der Waals surface area contributed by atoms with Gasteiger partial charge >= 0.3 is 0 Å². The maximum atomic E-state index is 4.11. The van der Waals surface area contributed by atoms with Crippen LogP contribution < -0.4 is 5.32 Å². The molecule has 4 aliphatic carbocycles. The first-order valence-electron chi connectivity index (χ1n) is 8.72. The minimum absolute atomic E-state index is 0.675. The van der Waals surface area contributed by atoms with E-state index in [-0.39, 0.29) is 0 Å². The fourth-order valence-electron chi connectivity index (χ4n) is 6.18. The lowest BCUT2D eigenvalue weighted by molar-refractivity contribution is 0.194. The summed E-state index contributed by atoms with van der Waals surface area (Å²) in [5.41, 5.74) is 1.65. The maximum Gasteiger partial charge on any atom is 0.0333 e. The first kappa shape index (κ1) is 12.2. The molecular formula is C18H25NS. The third-order valence-electron chi connectivity index (χ3n) is 6.90. The lowest BCUT2D eigenvalue weighted by Gasteiger charge is -2.36. The van der Waals surface area contributed by atoms with Gasteiger partial charge in [0.15, 0.2) is 0 Å². The Labute approximate surface area is 126 Å². The third kappa shape index (κ3) is 1.70. The molecule has 1 heterocycles. The molecule has 3 fully saturated rings. The number of hydrogen-bond acceptors (Lipinski definition) is 2. The number of fused-ring (bicyclic) bond motifs is 6. The first-order chi connectivity index (χ1) is 9.90. The zero-order valence-corrected chi connectivity index (χ0v) is 13.0. The smallest absolute Gasteiger partial charge is 0.0333 e. The van der Waals surface area contributed by atoms with Gasteiger partial charge in [0, 0.05) is 17.0 Å². The molecule has 0 aliphatic heterocycles. The number of rotatable bonds is 2. The predicted octanol–water partition coefficient (Wildman–Crippen LogP) is 4.54. The Morgan fingerprint density at radius 3 is 2.95 bits per heavy atom. The van der Waals surface area contributed by atoms with E-state index < -0.39 is 0 Å². The Morgan fingerprint density at radius 2 is 1.95 bits per heavy atom. The molecular weight excluding hydrogens is 262 g/mol. The molecule has 4 aliphatic rings. The first-order valence-corrected chi connectivity index (χ1v) is 9.60. The molecule has 1 N–H and O–H groups in total. The second-order valence-corrected chi connectivity index (χ2v) is 8.67. The average molecular weight is 287 g/mol. The summed E-state index contributed by atoms with van der Waals surface area (Å²) in [6.07, 6.45) is 11.7. The van der Waals surface area contributed by atoms with Crippen LogP contribution in [0, 0.1) is 23.7 Å². The van der Waals surface area contributed by atoms with Crippen LogP contribution in [0.3, 0.4) is 0 Å². The van der Waals surface area contributed by atoms with Gasteiger partial charge in [-0.15, -0.1) is 11.3 Å². The highest BCUT2D eigenvalue weighted by Crippen LogP contribution is 2.59. The summed E-state index contributed by atoms with van der Waals surface area (Å²) < 4.78 is 0. The number of nitrogens with one attached hydrogen (secondary N) is 1. The minimum Gasteiger partial charge on any atom is -0.307 e. The molecule has 1 nitrogen and oxygen atoms in total. The molecule has 2 bridgehead atoms. The molecule has 1 aromatic heterocycles. The van der Waals surface area contributed by atoms with Crippen molar-refractivity contribution in [3.63, 3.8) is 0 Å². The van der Waals surface area contributed by atoms with E-state index in [1.807, 2.05) is 11.3 Å². The molecule has 5 rings (SSSR count). The summed E-state index contributed by atoms with van der Waals surface area (Å²) in [5.74, 6) is 4.32. The van der Waals surface area contributed by atoms with Crippen molar-refractivity contribution in [2.75, 3.05) is 0 Å². The monoisotopic (exact) mass is 287 g/mol. The van der Waals surface area contributed by atoms with Gasteiger partial charge in [0.1, 0.15) is 0 Å². The van der Waals surface area contributed by atoms with Crippen LogP contribution >= 0.6 is 11.3 Å². The van der Waals surface area contributed by atoms with Crippen LogP contribution in [-0.2, 0) is 6.42 Å². The van der Waals surface area contributed by atoms with Gasteiger partial charge in [-0.2, -0.15) is 0 Å². The van der Waals surface area contributed by atoms with Crippen LogP contribution in [0.5, 0.6) is 0 Å². The van der Waals surface area contributed by atoms with Crippen LogP contribution in [0.1, 0.15) is 61.4 Å². The van der Waals surface area contributed by atoms with E-state index in [4.69, 9.17) is 0 Å². The maximum absolute atomic E-state index is 4.11. The molecule has 0 saturated heterocycles. The van der Waals surface area contributed by atoms with Gasteiger partial charge in [0.2, 0.25) is 0 Å². The van der Waals surface area contributed by atoms with E-state index in [2.05, 4.69) is 16.8 Å². The fourth-order valence-corrected chi connectivity index (χ4v) is 7.17. The Kier molecular flexibility index (Phi) is 2.80. The van der Waals surface area contributed by atoms with E-state index in [1.165, 1.54) is 32.1 Å². The third-order valence-corrected chi connectivity index (χ3v) is 7.89. The van der Waals surface area contributed by atoms with Crippen LogP contribution in [0.15, 0.2) is 11.4 Å². The largest absolute Gasteiger partial charge is 0.307 e. The average Bonchev–Trinajstić information content (AvgIpc) is 3.20. The molecule has 6 atom stereocenters. The number of aryl methyl sites for hydroxylation is 1. The topological polar surface area (TPSA) is 12.0 Å². The molecule has 1 aromatic rings. The van der Waals surface area contributed by atoms with E-state index in [1.54, 1.807) is 29.7 Å². The summed E-state index contributed by atoms with van der Waals surface area (Å²) in [4.78, 5) is 1.66. The van der Waals surface area contributed by atoms with Crippen molar-refractivity contribution in [1.82, 2.24) is 5.32 Å². The van der Waals surface area contributed by atoms with Crippen molar-refractivity contribution < 1.29 is 0 Å². The summed E-state index contributed by atoms with van der Waals surface area (Å²) in [7, 11) is 0. The molecule has 0 spiro atoms. The molecule has 108 valence electrons. The lowest BCUT2D eigenvalue weighted by Crippen LogP contribution is -2.41. The standard InChI is InChI=1S/C18H25NS/c1-3-12-11-9-15(13(12)4-1)17(10-11)19-16-5-2-6-18-14(16)7-8-20-18/h7-8,11-13,15-17,19H,1-6,9-10H2. The SMILES string of the molecule is c1cc2c(s1)CCCC2NC1CC2CC1C1CCCC21. The van der Waals surface area contributed by atoms with Gasteiger partial charge in [-0.1, -0.05) is 6.42 Å². The summed E-state index contributed by atoms with van der Waals surface area (Å²) in [6, 6.07) is 3.91. The molecule has 20 heavy (non-hydrogen) atoms. The normalized spacial score (nSPS) is 45.6. The summed E-state index contributed by atoms with van der Waals surface area (Å²) in [5, 5.41) is 6.41. The van der Waals surface area contributed by atoms with E-state index in [9.17, 15) is 0 Å². The Hall–Kier alpha value is -0.340. The minimum atomic E-state index is 0.675. The number of thiophene rings is 1. The molecule has 0 aromatic carbocycles. The Bertz CT molecular complexity index is 507. The van der Waals surface area contributed by atoms with Crippen molar-refractivity contribution in [3.05, 3.63) is 21.9 Å². The van der Waals surface area contributed by atoms with Crippen LogP contribution in [-0.4, -0.2) is 6.04 Å². The van der Waals surface area contributed by atoms with Crippen LogP contribution in [0.2, 0.25) is 0 Å². The number of hydrogen-bond donors (Lipinski definition) is 1. The second-order valence-electron chi connectivity index (χ2n) is 7.67. The Morgan fingerprint density at radius 1 is 1.00 bits per heavy atom. The quantitative estimate of drug-likeness (QED) is 0.842. The van der Waals surface area contributed by atoms with Gasteiger partial charge in [-0.3, -0.25) is 0 Å². The molecule has 0 amide bonds. The van der Waals surface area contributed by atoms with Crippen molar-refractivity contribution in [1.29, 1.82) is 0 Å². The van der Waals surface area contributed by atoms with E-state index >= 15 is 0 Å². The molecule has 2 heteroatoms. The highest BCUT2D eigenvalue weighted by Gasteiger charge is 2.53. The van der Waals surface area contributed by atoms with Gasteiger partial charge in [-0.05, 0) is 85.6 Å². The van der Waals surface area contributed by atoms with Crippen molar-refractivity contribution in [2.45, 2.75) is 63.5 Å². The fraction of sp³-hybridized carbons (Fsp3) is 0.778. The lowest BCUT2D eigenvalue weighted by atomic mass is 9.78. The zero-order valence-electron chi connectivity index (χ0n) is 12.2. The molecule has 6 unspecified atom stereocenters. The van der Waals surface area contributed by atoms with Crippen molar-refractivity contribution >= 4 is 11.3 Å². The zero-order chi connectivity index (χ0) is 13.1. The van der Waals surface area contributed by atoms with E-state index in [0.29, 0.717) is 6.04 Å². The summed E-state index contributed by atoms with van der Waals surface area (Å²) in [6.45, 7) is 0. The predicted molar refractivity (Wildman–Crippen MR) is 84.0 cm³/mol. The van der Waals surface area contributed by atoms with Gasteiger partial charge in [0.05, 0.1) is 0 Å². The van der Waals surface area contributed by atoms with Gasteiger partial charge in [0.25, 0.3) is 0 Å². The van der Waals surface area contributed by atoms with Gasteiger partial charge < -0.3 is 5.32 Å². The van der Waals surface area contributed by atoms with Crippen LogP contribution in [0.25, 0.3) is 0 Å². The highest BCUT2D eigenvalue weighted by molar-refractivity contribution is 7.10. The molecule has 3 saturated carbocycles. The molecule has 0 radical (unpaired) electrons. The second kappa shape index (κ2) is 4.58. The van der Waals surface area contributed by atoms with Crippen molar-refractivity contribution in [3.8, 4) is 0 Å². The Balaban J connectivity index is 1.35.